The van der Waals surface area contributed by atoms with Crippen LogP contribution in [0.3, 0.4) is 0 Å². The van der Waals surface area contributed by atoms with E-state index in [-0.39, 0.29) is 12.5 Å². The van der Waals surface area contributed by atoms with Crippen LogP contribution in [0.15, 0.2) is 11.4 Å². The smallest absolute Gasteiger partial charge is 0.151 e. The van der Waals surface area contributed by atoms with Gasteiger partial charge in [-0.25, -0.2) is 4.39 Å². The molecule has 2 N–H and O–H groups in total. The molecule has 0 saturated carbocycles. The molecule has 0 aliphatic heterocycles. The average Bonchev–Trinajstić information content (AvgIpc) is 2.50. The molecule has 1 rings (SSSR count). The van der Waals surface area contributed by atoms with Gasteiger partial charge in [0.1, 0.15) is 0 Å². The summed E-state index contributed by atoms with van der Waals surface area (Å²) in [6.45, 7) is 5.72. The molecule has 3 heteroatoms. The van der Waals surface area contributed by atoms with Crippen LogP contribution in [0, 0.1) is 12.8 Å². The number of halogens is 1. The molecule has 0 radical (unpaired) electrons. The van der Waals surface area contributed by atoms with Gasteiger partial charge in [0.15, 0.2) is 5.67 Å². The van der Waals surface area contributed by atoms with Crippen molar-refractivity contribution in [2.24, 2.45) is 11.7 Å². The van der Waals surface area contributed by atoms with Crippen molar-refractivity contribution in [1.29, 1.82) is 0 Å². The SMILES string of the molecule is Cc1sccc1C(F)(CN)C(C)C. The van der Waals surface area contributed by atoms with Crippen LogP contribution in [0.25, 0.3) is 0 Å². The summed E-state index contributed by atoms with van der Waals surface area (Å²) in [5, 5.41) is 1.91. The van der Waals surface area contributed by atoms with Crippen LogP contribution in [0.2, 0.25) is 0 Å². The molecular formula is C10H16FNS. The number of alkyl halides is 1. The van der Waals surface area contributed by atoms with E-state index >= 15 is 0 Å². The van der Waals surface area contributed by atoms with E-state index in [9.17, 15) is 4.39 Å². The van der Waals surface area contributed by atoms with Gasteiger partial charge in [-0.1, -0.05) is 13.8 Å². The standard InChI is InChI=1S/C10H16FNS/c1-7(2)10(11,6-12)9-4-5-13-8(9)3/h4-5,7H,6,12H2,1-3H3. The Balaban J connectivity index is 3.10. The second kappa shape index (κ2) is 3.76. The molecule has 1 aromatic heterocycles. The number of hydrogen-bond donors (Lipinski definition) is 1. The molecule has 0 aliphatic carbocycles. The van der Waals surface area contributed by atoms with Gasteiger partial charge in [-0.2, -0.15) is 0 Å². The number of thiophene rings is 1. The molecule has 1 atom stereocenters. The van der Waals surface area contributed by atoms with Gasteiger partial charge in [-0.05, 0) is 24.3 Å². The van der Waals surface area contributed by atoms with Gasteiger partial charge in [0.05, 0.1) is 0 Å². The molecule has 74 valence electrons. The van der Waals surface area contributed by atoms with E-state index in [2.05, 4.69) is 0 Å². The van der Waals surface area contributed by atoms with Crippen molar-refractivity contribution in [2.45, 2.75) is 26.4 Å². The normalized spacial score (nSPS) is 16.2. The first kappa shape index (κ1) is 10.7. The van der Waals surface area contributed by atoms with Crippen LogP contribution in [0.1, 0.15) is 24.3 Å². The lowest BCUT2D eigenvalue weighted by Crippen LogP contribution is -2.35. The topological polar surface area (TPSA) is 26.0 Å². The minimum absolute atomic E-state index is 0.0578. The Morgan fingerprint density at radius 3 is 2.54 bits per heavy atom. The summed E-state index contributed by atoms with van der Waals surface area (Å²) in [6, 6.07) is 1.84. The lowest BCUT2D eigenvalue weighted by molar-refractivity contribution is 0.109. The molecule has 1 aromatic rings. The van der Waals surface area contributed by atoms with Crippen LogP contribution in [0.4, 0.5) is 4.39 Å². The van der Waals surface area contributed by atoms with Crippen molar-refractivity contribution >= 4 is 11.3 Å². The predicted octanol–water partition coefficient (Wildman–Crippen LogP) is 2.84. The van der Waals surface area contributed by atoms with E-state index in [0.717, 1.165) is 10.4 Å². The van der Waals surface area contributed by atoms with Crippen LogP contribution >= 0.6 is 11.3 Å². The third kappa shape index (κ3) is 1.76. The first-order valence-corrected chi connectivity index (χ1v) is 5.34. The molecule has 0 amide bonds. The van der Waals surface area contributed by atoms with Gasteiger partial charge < -0.3 is 5.73 Å². The number of aryl methyl sites for hydroxylation is 1. The highest BCUT2D eigenvalue weighted by atomic mass is 32.1. The fourth-order valence-electron chi connectivity index (χ4n) is 1.47. The van der Waals surface area contributed by atoms with E-state index in [1.54, 1.807) is 11.3 Å². The number of nitrogens with two attached hydrogens (primary N) is 1. The summed E-state index contributed by atoms with van der Waals surface area (Å²) in [4.78, 5) is 1.03. The van der Waals surface area contributed by atoms with Gasteiger partial charge in [-0.3, -0.25) is 0 Å². The third-order valence-electron chi connectivity index (χ3n) is 2.52. The van der Waals surface area contributed by atoms with Gasteiger partial charge in [0.2, 0.25) is 0 Å². The Morgan fingerprint density at radius 2 is 2.23 bits per heavy atom. The fourth-order valence-corrected chi connectivity index (χ4v) is 2.25. The van der Waals surface area contributed by atoms with E-state index in [1.165, 1.54) is 0 Å². The van der Waals surface area contributed by atoms with Crippen molar-refractivity contribution in [3.05, 3.63) is 21.9 Å². The molecule has 0 aromatic carbocycles. The fraction of sp³-hybridized carbons (Fsp3) is 0.600. The molecule has 1 heterocycles. The van der Waals surface area contributed by atoms with Gasteiger partial charge in [-0.15, -0.1) is 11.3 Å². The maximum absolute atomic E-state index is 14.4. The maximum atomic E-state index is 14.4. The van der Waals surface area contributed by atoms with E-state index in [4.69, 9.17) is 5.73 Å². The Kier molecular flexibility index (Phi) is 3.09. The largest absolute Gasteiger partial charge is 0.327 e. The minimum Gasteiger partial charge on any atom is -0.327 e. The minimum atomic E-state index is -1.36. The molecular weight excluding hydrogens is 185 g/mol. The monoisotopic (exact) mass is 201 g/mol. The van der Waals surface area contributed by atoms with Crippen molar-refractivity contribution in [1.82, 2.24) is 0 Å². The highest BCUT2D eigenvalue weighted by molar-refractivity contribution is 7.10. The van der Waals surface area contributed by atoms with E-state index in [0.29, 0.717) is 0 Å². The van der Waals surface area contributed by atoms with Crippen LogP contribution in [-0.2, 0) is 5.67 Å². The summed E-state index contributed by atoms with van der Waals surface area (Å²) < 4.78 is 14.4. The molecule has 13 heavy (non-hydrogen) atoms. The summed E-state index contributed by atoms with van der Waals surface area (Å²) in [7, 11) is 0. The molecule has 1 unspecified atom stereocenters. The Labute approximate surface area is 82.8 Å². The summed E-state index contributed by atoms with van der Waals surface area (Å²) in [5.74, 6) is -0.0780. The highest BCUT2D eigenvalue weighted by Gasteiger charge is 2.35. The number of hydrogen-bond acceptors (Lipinski definition) is 2. The van der Waals surface area contributed by atoms with Gasteiger partial charge in [0, 0.05) is 17.0 Å². The molecule has 0 fully saturated rings. The van der Waals surface area contributed by atoms with Crippen molar-refractivity contribution in [3.8, 4) is 0 Å². The zero-order valence-corrected chi connectivity index (χ0v) is 9.12. The van der Waals surface area contributed by atoms with E-state index < -0.39 is 5.67 Å². The quantitative estimate of drug-likeness (QED) is 0.799. The molecule has 0 bridgehead atoms. The van der Waals surface area contributed by atoms with E-state index in [1.807, 2.05) is 32.2 Å². The van der Waals surface area contributed by atoms with Gasteiger partial charge >= 0.3 is 0 Å². The first-order valence-electron chi connectivity index (χ1n) is 4.46. The predicted molar refractivity (Wildman–Crippen MR) is 55.7 cm³/mol. The lowest BCUT2D eigenvalue weighted by atomic mass is 9.85. The van der Waals surface area contributed by atoms with Crippen molar-refractivity contribution in [3.63, 3.8) is 0 Å². The number of rotatable bonds is 3. The Hall–Kier alpha value is -0.410. The van der Waals surface area contributed by atoms with Crippen LogP contribution < -0.4 is 5.73 Å². The summed E-state index contributed by atoms with van der Waals surface area (Å²) in [6.07, 6.45) is 0. The second-order valence-electron chi connectivity index (χ2n) is 3.61. The van der Waals surface area contributed by atoms with Crippen LogP contribution in [-0.4, -0.2) is 6.54 Å². The first-order chi connectivity index (χ1) is 6.02. The molecule has 0 aliphatic rings. The highest BCUT2D eigenvalue weighted by Crippen LogP contribution is 2.36. The maximum Gasteiger partial charge on any atom is 0.151 e. The molecule has 0 spiro atoms. The molecule has 1 nitrogen and oxygen atoms in total. The third-order valence-corrected chi connectivity index (χ3v) is 3.36. The van der Waals surface area contributed by atoms with Gasteiger partial charge in [0.25, 0.3) is 0 Å². The summed E-state index contributed by atoms with van der Waals surface area (Å²) >= 11 is 1.57. The second-order valence-corrected chi connectivity index (χ2v) is 4.73. The average molecular weight is 201 g/mol. The Bertz CT molecular complexity index is 282. The van der Waals surface area contributed by atoms with Crippen molar-refractivity contribution in [2.75, 3.05) is 6.54 Å². The molecule has 0 saturated heterocycles. The zero-order chi connectivity index (χ0) is 10.1. The van der Waals surface area contributed by atoms with Crippen LogP contribution in [0.5, 0.6) is 0 Å². The zero-order valence-electron chi connectivity index (χ0n) is 8.30. The van der Waals surface area contributed by atoms with Crippen molar-refractivity contribution < 1.29 is 4.39 Å². The summed E-state index contributed by atoms with van der Waals surface area (Å²) in [5.41, 5.74) is 4.90. The lowest BCUT2D eigenvalue weighted by Gasteiger charge is -2.28. The Morgan fingerprint density at radius 1 is 1.62 bits per heavy atom.